The molecule has 0 saturated carbocycles. The molecule has 136 valence electrons. The predicted molar refractivity (Wildman–Crippen MR) is 102 cm³/mol. The highest BCUT2D eigenvalue weighted by Crippen LogP contribution is 2.27. The minimum absolute atomic E-state index is 0.0217. The minimum atomic E-state index is -0.612. The lowest BCUT2D eigenvalue weighted by molar-refractivity contribution is -0.143. The molecule has 1 aliphatic heterocycles. The lowest BCUT2D eigenvalue weighted by Gasteiger charge is -2.27. The average Bonchev–Trinajstić information content (AvgIpc) is 2.61. The van der Waals surface area contributed by atoms with Gasteiger partial charge in [-0.3, -0.25) is 19.8 Å². The fraction of sp³-hybridized carbons (Fsp3) is 0.176. The van der Waals surface area contributed by atoms with Crippen molar-refractivity contribution in [3.8, 4) is 5.75 Å². The van der Waals surface area contributed by atoms with Crippen LogP contribution in [-0.2, 0) is 19.1 Å². The summed E-state index contributed by atoms with van der Waals surface area (Å²) in [4.78, 5) is 37.3. The summed E-state index contributed by atoms with van der Waals surface area (Å²) < 4.78 is 10.7. The van der Waals surface area contributed by atoms with Gasteiger partial charge < -0.3 is 9.47 Å². The molecule has 0 aromatic heterocycles. The summed E-state index contributed by atoms with van der Waals surface area (Å²) in [5.41, 5.74) is 0.328. The molecule has 7 nitrogen and oxygen atoms in total. The summed E-state index contributed by atoms with van der Waals surface area (Å²) in [7, 11) is 1.25. The van der Waals surface area contributed by atoms with E-state index in [1.54, 1.807) is 18.2 Å². The highest BCUT2D eigenvalue weighted by atomic mass is 79.9. The molecule has 0 unspecified atom stereocenters. The van der Waals surface area contributed by atoms with Gasteiger partial charge in [0, 0.05) is 16.6 Å². The van der Waals surface area contributed by atoms with Gasteiger partial charge in [0.1, 0.15) is 11.3 Å². The van der Waals surface area contributed by atoms with Crippen molar-refractivity contribution < 1.29 is 23.9 Å². The van der Waals surface area contributed by atoms with Crippen LogP contribution in [-0.4, -0.2) is 48.1 Å². The van der Waals surface area contributed by atoms with Crippen molar-refractivity contribution in [1.82, 2.24) is 10.2 Å². The van der Waals surface area contributed by atoms with E-state index >= 15 is 0 Å². The second-order valence-corrected chi connectivity index (χ2v) is 6.37. The summed E-state index contributed by atoms with van der Waals surface area (Å²) >= 11 is 8.33. The molecule has 0 aliphatic carbocycles. The van der Waals surface area contributed by atoms with Crippen molar-refractivity contribution in [2.24, 2.45) is 0 Å². The number of nitrogens with zero attached hydrogens (tertiary/aromatic N) is 1. The monoisotopic (exact) mass is 438 g/mol. The second-order valence-electron chi connectivity index (χ2n) is 5.07. The van der Waals surface area contributed by atoms with Gasteiger partial charge >= 0.3 is 5.97 Å². The maximum atomic E-state index is 12.6. The summed E-state index contributed by atoms with van der Waals surface area (Å²) in [6.45, 7) is 3.43. The smallest absolute Gasteiger partial charge is 0.343 e. The third-order valence-corrected chi connectivity index (χ3v) is 4.16. The SMILES string of the molecule is C=CCN1C(=O)/C(=C/c2cc(Br)ccc2OCC(=O)OC)C(=O)NC1=S. The summed E-state index contributed by atoms with van der Waals surface area (Å²) in [5, 5.41) is 2.48. The van der Waals surface area contributed by atoms with E-state index in [0.29, 0.717) is 15.8 Å². The Labute approximate surface area is 163 Å². The molecule has 1 fully saturated rings. The van der Waals surface area contributed by atoms with Crippen LogP contribution < -0.4 is 10.1 Å². The number of hydrogen-bond acceptors (Lipinski definition) is 6. The largest absolute Gasteiger partial charge is 0.481 e. The summed E-state index contributed by atoms with van der Waals surface area (Å²) in [6, 6.07) is 4.97. The standard InChI is InChI=1S/C17H15BrN2O5S/c1-3-6-20-16(23)12(15(22)19-17(20)26)8-10-7-11(18)4-5-13(10)25-9-14(21)24-2/h3-5,7-8H,1,6,9H2,2H3,(H,19,22,26)/b12-8+. The van der Waals surface area contributed by atoms with Gasteiger partial charge in [0.2, 0.25) is 0 Å². The predicted octanol–water partition coefficient (Wildman–Crippen LogP) is 1.81. The van der Waals surface area contributed by atoms with Gasteiger partial charge in [-0.15, -0.1) is 6.58 Å². The molecule has 9 heteroatoms. The van der Waals surface area contributed by atoms with Crippen LogP contribution in [0.15, 0.2) is 40.9 Å². The Morgan fingerprint density at radius 1 is 1.42 bits per heavy atom. The average molecular weight is 439 g/mol. The van der Waals surface area contributed by atoms with Crippen LogP contribution in [0.25, 0.3) is 6.08 Å². The maximum Gasteiger partial charge on any atom is 0.343 e. The maximum absolute atomic E-state index is 12.6. The Morgan fingerprint density at radius 3 is 2.81 bits per heavy atom. The first-order valence-corrected chi connectivity index (χ1v) is 8.56. The highest BCUT2D eigenvalue weighted by molar-refractivity contribution is 9.10. The topological polar surface area (TPSA) is 84.9 Å². The van der Waals surface area contributed by atoms with Crippen LogP contribution in [0, 0.1) is 0 Å². The van der Waals surface area contributed by atoms with E-state index < -0.39 is 17.8 Å². The first kappa shape index (κ1) is 19.8. The van der Waals surface area contributed by atoms with Gasteiger partial charge in [-0.05, 0) is 36.5 Å². The van der Waals surface area contributed by atoms with E-state index in [4.69, 9.17) is 17.0 Å². The number of halogens is 1. The second kappa shape index (κ2) is 8.72. The van der Waals surface area contributed by atoms with E-state index in [1.165, 1.54) is 24.2 Å². The minimum Gasteiger partial charge on any atom is -0.481 e. The van der Waals surface area contributed by atoms with Crippen molar-refractivity contribution >= 4 is 57.1 Å². The molecular weight excluding hydrogens is 424 g/mol. The van der Waals surface area contributed by atoms with Gasteiger partial charge in [-0.2, -0.15) is 0 Å². The van der Waals surface area contributed by atoms with Crippen LogP contribution in [0.2, 0.25) is 0 Å². The van der Waals surface area contributed by atoms with E-state index in [2.05, 4.69) is 32.6 Å². The number of ether oxygens (including phenoxy) is 2. The summed E-state index contributed by atoms with van der Waals surface area (Å²) in [6.07, 6.45) is 2.89. The van der Waals surface area contributed by atoms with Crippen LogP contribution in [0.3, 0.4) is 0 Å². The first-order valence-electron chi connectivity index (χ1n) is 7.36. The van der Waals surface area contributed by atoms with Gasteiger partial charge in [0.15, 0.2) is 11.7 Å². The number of hydrogen-bond donors (Lipinski definition) is 1. The molecule has 1 aromatic rings. The molecule has 2 amide bonds. The first-order chi connectivity index (χ1) is 12.4. The fourth-order valence-corrected chi connectivity index (χ4v) is 2.73. The lowest BCUT2D eigenvalue weighted by atomic mass is 10.1. The number of carbonyl (C=O) groups is 3. The van der Waals surface area contributed by atoms with Gasteiger partial charge in [0.05, 0.1) is 7.11 Å². The van der Waals surface area contributed by atoms with Gasteiger partial charge in [-0.25, -0.2) is 4.79 Å². The number of benzene rings is 1. The Balaban J connectivity index is 2.40. The molecule has 0 radical (unpaired) electrons. The number of thiocarbonyl (C=S) groups is 1. The van der Waals surface area contributed by atoms with Crippen LogP contribution in [0.5, 0.6) is 5.75 Å². The molecular formula is C17H15BrN2O5S. The van der Waals surface area contributed by atoms with E-state index in [0.717, 1.165) is 0 Å². The number of methoxy groups -OCH3 is 1. The van der Waals surface area contributed by atoms with Crippen molar-refractivity contribution in [2.45, 2.75) is 0 Å². The third-order valence-electron chi connectivity index (χ3n) is 3.34. The molecule has 0 atom stereocenters. The van der Waals surface area contributed by atoms with Gasteiger partial charge in [-0.1, -0.05) is 22.0 Å². The molecule has 0 spiro atoms. The fourth-order valence-electron chi connectivity index (χ4n) is 2.10. The summed E-state index contributed by atoms with van der Waals surface area (Å²) in [5.74, 6) is -1.40. The molecule has 1 heterocycles. The van der Waals surface area contributed by atoms with Crippen molar-refractivity contribution in [3.05, 3.63) is 46.5 Å². The molecule has 1 saturated heterocycles. The van der Waals surface area contributed by atoms with Crippen LogP contribution >= 0.6 is 28.1 Å². The zero-order valence-electron chi connectivity index (χ0n) is 13.8. The van der Waals surface area contributed by atoms with E-state index in [1.807, 2.05) is 0 Å². The Bertz CT molecular complexity index is 821. The number of rotatable bonds is 6. The van der Waals surface area contributed by atoms with Crippen LogP contribution in [0.4, 0.5) is 0 Å². The zero-order valence-corrected chi connectivity index (χ0v) is 16.2. The van der Waals surface area contributed by atoms with Crippen LogP contribution in [0.1, 0.15) is 5.56 Å². The molecule has 1 aliphatic rings. The van der Waals surface area contributed by atoms with Gasteiger partial charge in [0.25, 0.3) is 11.8 Å². The molecule has 1 aromatic carbocycles. The Hall–Kier alpha value is -2.52. The number of carbonyl (C=O) groups excluding carboxylic acids is 3. The molecule has 26 heavy (non-hydrogen) atoms. The zero-order chi connectivity index (χ0) is 19.3. The van der Waals surface area contributed by atoms with Crippen molar-refractivity contribution in [2.75, 3.05) is 20.3 Å². The number of amides is 2. The normalized spacial score (nSPS) is 15.7. The highest BCUT2D eigenvalue weighted by Gasteiger charge is 2.32. The molecule has 1 N–H and O–H groups in total. The lowest BCUT2D eigenvalue weighted by Crippen LogP contribution is -2.53. The van der Waals surface area contributed by atoms with Crippen molar-refractivity contribution in [3.63, 3.8) is 0 Å². The number of esters is 1. The Morgan fingerprint density at radius 2 is 2.15 bits per heavy atom. The van der Waals surface area contributed by atoms with E-state index in [9.17, 15) is 14.4 Å². The quantitative estimate of drug-likeness (QED) is 0.239. The van der Waals surface area contributed by atoms with E-state index in [-0.39, 0.29) is 23.8 Å². The number of nitrogens with one attached hydrogen (secondary N) is 1. The van der Waals surface area contributed by atoms with Crippen molar-refractivity contribution in [1.29, 1.82) is 0 Å². The third kappa shape index (κ3) is 4.55. The Kier molecular flexibility index (Phi) is 6.64. The molecule has 0 bridgehead atoms. The molecule has 2 rings (SSSR count).